The van der Waals surface area contributed by atoms with Gasteiger partial charge in [-0.2, -0.15) is 0 Å². The van der Waals surface area contributed by atoms with Crippen LogP contribution in [0.3, 0.4) is 0 Å². The Morgan fingerprint density at radius 3 is 2.35 bits per heavy atom. The van der Waals surface area contributed by atoms with Crippen LogP contribution in [0.1, 0.15) is 41.9 Å². The number of hydrogen-bond acceptors (Lipinski definition) is 4. The molecule has 2 N–H and O–H groups in total. The Kier molecular flexibility index (Phi) is 8.74. The van der Waals surface area contributed by atoms with E-state index < -0.39 is 0 Å². The third-order valence-electron chi connectivity index (χ3n) is 5.33. The summed E-state index contributed by atoms with van der Waals surface area (Å²) in [5.74, 6) is 0.355. The number of nitrogens with one attached hydrogen (secondary N) is 2. The number of hydrogen-bond donors (Lipinski definition) is 2. The number of carbonyl (C=O) groups is 1. The fourth-order valence-corrected chi connectivity index (χ4v) is 4.12. The van der Waals surface area contributed by atoms with Gasteiger partial charge < -0.3 is 10.3 Å². The molecule has 0 aliphatic heterocycles. The number of thioether (sulfide) groups is 1. The second-order valence-corrected chi connectivity index (χ2v) is 8.58. The first-order valence-electron chi connectivity index (χ1n) is 10.9. The van der Waals surface area contributed by atoms with Crippen molar-refractivity contribution < 1.29 is 4.79 Å². The van der Waals surface area contributed by atoms with Crippen molar-refractivity contribution in [2.75, 3.05) is 18.8 Å². The molecule has 2 aromatic carbocycles. The van der Waals surface area contributed by atoms with Crippen molar-refractivity contribution in [1.82, 2.24) is 20.2 Å². The van der Waals surface area contributed by atoms with Crippen LogP contribution in [0.4, 0.5) is 0 Å². The van der Waals surface area contributed by atoms with Gasteiger partial charge >= 0.3 is 0 Å². The average Bonchev–Trinajstić information content (AvgIpc) is 3.15. The average molecular weight is 437 g/mol. The van der Waals surface area contributed by atoms with Gasteiger partial charge in [0.2, 0.25) is 5.91 Å². The summed E-state index contributed by atoms with van der Waals surface area (Å²) in [5, 5.41) is 3.79. The van der Waals surface area contributed by atoms with Crippen LogP contribution < -0.4 is 5.32 Å². The molecule has 164 valence electrons. The molecule has 5 nitrogen and oxygen atoms in total. The molecule has 0 aliphatic rings. The van der Waals surface area contributed by atoms with Crippen LogP contribution in [0.5, 0.6) is 0 Å². The Balaban J connectivity index is 1.44. The van der Waals surface area contributed by atoms with Gasteiger partial charge in [-0.05, 0) is 36.7 Å². The molecule has 0 unspecified atom stereocenters. The third-order valence-corrected chi connectivity index (χ3v) is 6.20. The number of carbonyl (C=O) groups excluding carboxylic acids is 1. The van der Waals surface area contributed by atoms with Gasteiger partial charge in [0.25, 0.3) is 0 Å². The van der Waals surface area contributed by atoms with Crippen LogP contribution in [0.2, 0.25) is 0 Å². The number of imidazole rings is 1. The highest BCUT2D eigenvalue weighted by Crippen LogP contribution is 2.19. The van der Waals surface area contributed by atoms with Crippen molar-refractivity contribution in [2.24, 2.45) is 0 Å². The molecule has 0 radical (unpaired) electrons. The second kappa shape index (κ2) is 11.7. The standard InChI is InChI=1S/C25H32N4OS/c1-4-29(5-2)17-22-13-11-21(12-14-22)16-26-24(30)18-31-25-27-19(3)23(28-25)15-20-9-7-6-8-10-20/h6-14H,4-5,15-18H2,1-3H3,(H,26,30)(H,27,28). The quantitative estimate of drug-likeness (QED) is 0.433. The Labute approximate surface area is 189 Å². The maximum atomic E-state index is 12.3. The SMILES string of the molecule is CCN(CC)Cc1ccc(CNC(=O)CSc2nc(Cc3ccccc3)c(C)[nH]2)cc1. The Hall–Kier alpha value is -2.57. The lowest BCUT2D eigenvalue weighted by atomic mass is 10.1. The summed E-state index contributed by atoms with van der Waals surface area (Å²) in [7, 11) is 0. The molecular formula is C25H32N4OS. The first-order chi connectivity index (χ1) is 15.1. The fourth-order valence-electron chi connectivity index (χ4n) is 3.35. The van der Waals surface area contributed by atoms with Gasteiger partial charge in [-0.1, -0.05) is 80.2 Å². The van der Waals surface area contributed by atoms with E-state index in [4.69, 9.17) is 0 Å². The van der Waals surface area contributed by atoms with E-state index in [0.717, 1.165) is 48.2 Å². The van der Waals surface area contributed by atoms with Crippen molar-refractivity contribution in [3.8, 4) is 0 Å². The van der Waals surface area contributed by atoms with E-state index in [0.29, 0.717) is 12.3 Å². The Morgan fingerprint density at radius 1 is 1.00 bits per heavy atom. The number of aromatic amines is 1. The molecule has 0 saturated heterocycles. The molecular weight excluding hydrogens is 404 g/mol. The molecule has 1 heterocycles. The van der Waals surface area contributed by atoms with Crippen LogP contribution in [0.25, 0.3) is 0 Å². The molecule has 0 atom stereocenters. The Morgan fingerprint density at radius 2 is 1.68 bits per heavy atom. The lowest BCUT2D eigenvalue weighted by molar-refractivity contribution is -0.118. The Bertz CT molecular complexity index is 949. The minimum Gasteiger partial charge on any atom is -0.351 e. The molecule has 0 spiro atoms. The molecule has 6 heteroatoms. The molecule has 3 rings (SSSR count). The summed E-state index contributed by atoms with van der Waals surface area (Å²) in [6.07, 6.45) is 0.792. The fraction of sp³-hybridized carbons (Fsp3) is 0.360. The normalized spacial score (nSPS) is 11.1. The van der Waals surface area contributed by atoms with Gasteiger partial charge in [0.1, 0.15) is 0 Å². The minimum absolute atomic E-state index is 0.0101. The zero-order chi connectivity index (χ0) is 22.1. The summed E-state index contributed by atoms with van der Waals surface area (Å²) in [5.41, 5.74) is 5.72. The number of aromatic nitrogens is 2. The lowest BCUT2D eigenvalue weighted by Gasteiger charge is -2.18. The van der Waals surface area contributed by atoms with Crippen molar-refractivity contribution in [3.63, 3.8) is 0 Å². The molecule has 31 heavy (non-hydrogen) atoms. The van der Waals surface area contributed by atoms with Crippen molar-refractivity contribution in [1.29, 1.82) is 0 Å². The van der Waals surface area contributed by atoms with Crippen molar-refractivity contribution in [2.45, 2.75) is 45.4 Å². The number of aryl methyl sites for hydroxylation is 1. The predicted molar refractivity (Wildman–Crippen MR) is 128 cm³/mol. The van der Waals surface area contributed by atoms with Crippen LogP contribution in [-0.4, -0.2) is 39.6 Å². The largest absolute Gasteiger partial charge is 0.351 e. The maximum Gasteiger partial charge on any atom is 0.230 e. The van der Waals surface area contributed by atoms with Crippen LogP contribution in [-0.2, 0) is 24.3 Å². The van der Waals surface area contributed by atoms with Gasteiger partial charge in [-0.3, -0.25) is 9.69 Å². The summed E-state index contributed by atoms with van der Waals surface area (Å²) in [6.45, 7) is 9.99. The van der Waals surface area contributed by atoms with E-state index in [1.165, 1.54) is 22.9 Å². The highest BCUT2D eigenvalue weighted by molar-refractivity contribution is 7.99. The van der Waals surface area contributed by atoms with Crippen molar-refractivity contribution >= 4 is 17.7 Å². The molecule has 3 aromatic rings. The van der Waals surface area contributed by atoms with Crippen molar-refractivity contribution in [3.05, 3.63) is 82.7 Å². The van der Waals surface area contributed by atoms with Gasteiger partial charge in [-0.15, -0.1) is 0 Å². The molecule has 0 fully saturated rings. The summed E-state index contributed by atoms with van der Waals surface area (Å²) >= 11 is 1.44. The van der Waals surface area contributed by atoms with E-state index in [-0.39, 0.29) is 5.91 Å². The van der Waals surface area contributed by atoms with Gasteiger partial charge in [-0.25, -0.2) is 4.98 Å². The summed E-state index contributed by atoms with van der Waals surface area (Å²) in [6, 6.07) is 18.8. The first-order valence-corrected chi connectivity index (χ1v) is 11.8. The lowest BCUT2D eigenvalue weighted by Crippen LogP contribution is -2.24. The molecule has 0 saturated carbocycles. The van der Waals surface area contributed by atoms with Crippen LogP contribution >= 0.6 is 11.8 Å². The molecule has 1 amide bonds. The number of rotatable bonds is 11. The van der Waals surface area contributed by atoms with E-state index >= 15 is 0 Å². The van der Waals surface area contributed by atoms with Crippen LogP contribution in [0.15, 0.2) is 59.8 Å². The molecule has 0 aliphatic carbocycles. The number of H-pyrrole nitrogens is 1. The summed E-state index contributed by atoms with van der Waals surface area (Å²) < 4.78 is 0. The summed E-state index contributed by atoms with van der Waals surface area (Å²) in [4.78, 5) is 22.6. The third kappa shape index (κ3) is 7.26. The topological polar surface area (TPSA) is 61.0 Å². The van der Waals surface area contributed by atoms with E-state index in [1.807, 2.05) is 25.1 Å². The maximum absolute atomic E-state index is 12.3. The van der Waals surface area contributed by atoms with E-state index in [9.17, 15) is 4.79 Å². The van der Waals surface area contributed by atoms with E-state index in [2.05, 4.69) is 70.4 Å². The minimum atomic E-state index is 0.0101. The predicted octanol–water partition coefficient (Wildman–Crippen LogP) is 4.56. The number of benzene rings is 2. The molecule has 0 bridgehead atoms. The zero-order valence-electron chi connectivity index (χ0n) is 18.6. The number of amides is 1. The number of nitrogens with zero attached hydrogens (tertiary/aromatic N) is 2. The van der Waals surface area contributed by atoms with E-state index in [1.54, 1.807) is 0 Å². The highest BCUT2D eigenvalue weighted by atomic mass is 32.2. The zero-order valence-corrected chi connectivity index (χ0v) is 19.5. The highest BCUT2D eigenvalue weighted by Gasteiger charge is 2.10. The monoisotopic (exact) mass is 436 g/mol. The first kappa shape index (κ1) is 23.1. The van der Waals surface area contributed by atoms with Crippen LogP contribution in [0, 0.1) is 6.92 Å². The molecule has 1 aromatic heterocycles. The van der Waals surface area contributed by atoms with Gasteiger partial charge in [0, 0.05) is 25.2 Å². The smallest absolute Gasteiger partial charge is 0.230 e. The van der Waals surface area contributed by atoms with Gasteiger partial charge in [0.15, 0.2) is 5.16 Å². The van der Waals surface area contributed by atoms with Gasteiger partial charge in [0.05, 0.1) is 11.4 Å². The second-order valence-electron chi connectivity index (χ2n) is 7.62.